The van der Waals surface area contributed by atoms with Crippen LogP contribution in [-0.2, 0) is 0 Å². The standard InChI is InChI=1S/C11H12ClN3O/c1-6-5-7(12)3-4-8(6)9-10(13)14-11(16)15(9)2/h3-5,9H,1-2H3,(H2,13,14,16). The van der Waals surface area contributed by atoms with Crippen molar-refractivity contribution in [2.24, 2.45) is 10.7 Å². The van der Waals surface area contributed by atoms with E-state index in [2.05, 4.69) is 4.99 Å². The van der Waals surface area contributed by atoms with Gasteiger partial charge >= 0.3 is 6.03 Å². The fourth-order valence-corrected chi connectivity index (χ4v) is 2.10. The van der Waals surface area contributed by atoms with Crippen molar-refractivity contribution >= 4 is 23.5 Å². The van der Waals surface area contributed by atoms with Crippen LogP contribution in [0.25, 0.3) is 0 Å². The lowest BCUT2D eigenvalue weighted by atomic mass is 10.0. The van der Waals surface area contributed by atoms with Gasteiger partial charge in [0.15, 0.2) is 0 Å². The number of nitrogens with zero attached hydrogens (tertiary/aromatic N) is 2. The molecule has 0 saturated carbocycles. The third-order valence-electron chi connectivity index (χ3n) is 2.72. The summed E-state index contributed by atoms with van der Waals surface area (Å²) in [6.45, 7) is 1.94. The van der Waals surface area contributed by atoms with Crippen LogP contribution in [0.4, 0.5) is 4.79 Å². The predicted octanol–water partition coefficient (Wildman–Crippen LogP) is 2.11. The number of benzene rings is 1. The van der Waals surface area contributed by atoms with Crippen molar-refractivity contribution in [1.29, 1.82) is 0 Å². The van der Waals surface area contributed by atoms with E-state index in [1.165, 1.54) is 4.90 Å². The number of likely N-dealkylation sites (N-methyl/N-ethyl adjacent to an activating group) is 1. The van der Waals surface area contributed by atoms with Gasteiger partial charge in [0.2, 0.25) is 0 Å². The van der Waals surface area contributed by atoms with Gasteiger partial charge in [0, 0.05) is 12.1 Å². The second-order valence-electron chi connectivity index (χ2n) is 3.83. The molecule has 2 rings (SSSR count). The zero-order valence-corrected chi connectivity index (χ0v) is 9.82. The normalized spacial score (nSPS) is 20.2. The first-order valence-electron chi connectivity index (χ1n) is 4.87. The van der Waals surface area contributed by atoms with Crippen molar-refractivity contribution < 1.29 is 4.79 Å². The van der Waals surface area contributed by atoms with Gasteiger partial charge in [-0.25, -0.2) is 4.79 Å². The van der Waals surface area contributed by atoms with Crippen molar-refractivity contribution in [1.82, 2.24) is 4.90 Å². The average molecular weight is 238 g/mol. The maximum absolute atomic E-state index is 11.4. The van der Waals surface area contributed by atoms with E-state index in [1.807, 2.05) is 19.1 Å². The third-order valence-corrected chi connectivity index (χ3v) is 2.96. The smallest absolute Gasteiger partial charge is 0.345 e. The van der Waals surface area contributed by atoms with E-state index in [0.717, 1.165) is 11.1 Å². The van der Waals surface area contributed by atoms with Crippen LogP contribution in [0.1, 0.15) is 17.2 Å². The lowest BCUT2D eigenvalue weighted by Crippen LogP contribution is -2.30. The fourth-order valence-electron chi connectivity index (χ4n) is 1.87. The molecule has 0 fully saturated rings. The van der Waals surface area contributed by atoms with E-state index < -0.39 is 0 Å². The number of aryl methyl sites for hydroxylation is 1. The van der Waals surface area contributed by atoms with Crippen LogP contribution in [0.3, 0.4) is 0 Å². The first-order valence-corrected chi connectivity index (χ1v) is 5.25. The molecule has 0 saturated heterocycles. The minimum absolute atomic E-state index is 0.273. The van der Waals surface area contributed by atoms with Gasteiger partial charge in [-0.05, 0) is 30.2 Å². The molecule has 1 aromatic carbocycles. The largest absolute Gasteiger partial charge is 0.385 e. The van der Waals surface area contributed by atoms with Gasteiger partial charge < -0.3 is 10.6 Å². The second kappa shape index (κ2) is 3.79. The highest BCUT2D eigenvalue weighted by atomic mass is 35.5. The lowest BCUT2D eigenvalue weighted by molar-refractivity contribution is 0.218. The molecule has 5 heteroatoms. The number of rotatable bonds is 1. The van der Waals surface area contributed by atoms with Crippen LogP contribution < -0.4 is 5.73 Å². The molecule has 0 bridgehead atoms. The number of urea groups is 1. The minimum Gasteiger partial charge on any atom is -0.385 e. The van der Waals surface area contributed by atoms with E-state index in [1.54, 1.807) is 13.1 Å². The molecule has 2 N–H and O–H groups in total. The van der Waals surface area contributed by atoms with Gasteiger partial charge in [-0.2, -0.15) is 4.99 Å². The Labute approximate surface area is 98.7 Å². The summed E-state index contributed by atoms with van der Waals surface area (Å²) in [5, 5.41) is 0.670. The Balaban J connectivity index is 2.45. The predicted molar refractivity (Wildman–Crippen MR) is 63.7 cm³/mol. The molecule has 0 spiro atoms. The Morgan fingerprint density at radius 3 is 2.69 bits per heavy atom. The third kappa shape index (κ3) is 1.65. The van der Waals surface area contributed by atoms with Gasteiger partial charge in [0.05, 0.1) is 0 Å². The van der Waals surface area contributed by atoms with Crippen molar-refractivity contribution in [2.75, 3.05) is 7.05 Å². The highest BCUT2D eigenvalue weighted by Gasteiger charge is 2.32. The van der Waals surface area contributed by atoms with E-state index in [4.69, 9.17) is 17.3 Å². The summed E-state index contributed by atoms with van der Waals surface area (Å²) in [4.78, 5) is 16.6. The summed E-state index contributed by atoms with van der Waals surface area (Å²) in [7, 11) is 1.68. The van der Waals surface area contributed by atoms with Crippen LogP contribution in [0.15, 0.2) is 23.2 Å². The van der Waals surface area contributed by atoms with Gasteiger partial charge in [0.25, 0.3) is 0 Å². The maximum atomic E-state index is 11.4. The molecule has 1 aliphatic heterocycles. The Morgan fingerprint density at radius 2 is 2.19 bits per heavy atom. The summed E-state index contributed by atoms with van der Waals surface area (Å²) in [5.41, 5.74) is 7.71. The summed E-state index contributed by atoms with van der Waals surface area (Å²) < 4.78 is 0. The molecule has 1 aromatic rings. The van der Waals surface area contributed by atoms with Crippen LogP contribution in [0, 0.1) is 6.92 Å². The lowest BCUT2D eigenvalue weighted by Gasteiger charge is -2.21. The number of carbonyl (C=O) groups excluding carboxylic acids is 1. The van der Waals surface area contributed by atoms with Gasteiger partial charge in [-0.1, -0.05) is 17.7 Å². The van der Waals surface area contributed by atoms with E-state index in [9.17, 15) is 4.79 Å². The van der Waals surface area contributed by atoms with Crippen LogP contribution in [-0.4, -0.2) is 23.8 Å². The number of amides is 2. The molecular formula is C11H12ClN3O. The molecule has 16 heavy (non-hydrogen) atoms. The van der Waals surface area contributed by atoms with E-state index >= 15 is 0 Å². The Kier molecular flexibility index (Phi) is 2.59. The SMILES string of the molecule is Cc1cc(Cl)ccc1C1C(N)=NC(=O)N1C. The molecule has 1 unspecified atom stereocenters. The topological polar surface area (TPSA) is 58.7 Å². The molecule has 0 aromatic heterocycles. The van der Waals surface area contributed by atoms with Gasteiger partial charge in [-0.15, -0.1) is 0 Å². The zero-order chi connectivity index (χ0) is 11.9. The maximum Gasteiger partial charge on any atom is 0.345 e. The molecular weight excluding hydrogens is 226 g/mol. The number of carbonyl (C=O) groups is 1. The Morgan fingerprint density at radius 1 is 1.50 bits per heavy atom. The molecule has 0 radical (unpaired) electrons. The van der Waals surface area contributed by atoms with Crippen molar-refractivity contribution in [3.8, 4) is 0 Å². The van der Waals surface area contributed by atoms with Gasteiger partial charge in [0.1, 0.15) is 11.9 Å². The van der Waals surface area contributed by atoms with Crippen molar-refractivity contribution in [2.45, 2.75) is 13.0 Å². The summed E-state index contributed by atoms with van der Waals surface area (Å²) in [5.74, 6) is 0.331. The summed E-state index contributed by atoms with van der Waals surface area (Å²) in [6, 6.07) is 4.93. The molecule has 84 valence electrons. The second-order valence-corrected chi connectivity index (χ2v) is 4.27. The fraction of sp³-hybridized carbons (Fsp3) is 0.273. The number of aliphatic imine (C=N–C) groups is 1. The summed E-state index contributed by atoms with van der Waals surface area (Å²) >= 11 is 5.88. The van der Waals surface area contributed by atoms with Crippen LogP contribution >= 0.6 is 11.6 Å². The number of amidine groups is 1. The Hall–Kier alpha value is -1.55. The highest BCUT2D eigenvalue weighted by Crippen LogP contribution is 2.29. The quantitative estimate of drug-likeness (QED) is 0.813. The Bertz CT molecular complexity index is 484. The van der Waals surface area contributed by atoms with Crippen molar-refractivity contribution in [3.63, 3.8) is 0 Å². The number of hydrogen-bond donors (Lipinski definition) is 1. The van der Waals surface area contributed by atoms with Gasteiger partial charge in [-0.3, -0.25) is 0 Å². The highest BCUT2D eigenvalue weighted by molar-refractivity contribution is 6.30. The number of hydrogen-bond acceptors (Lipinski definition) is 2. The molecule has 2 amide bonds. The van der Waals surface area contributed by atoms with Crippen LogP contribution in [0.5, 0.6) is 0 Å². The average Bonchev–Trinajstić information content (AvgIpc) is 2.43. The zero-order valence-electron chi connectivity index (χ0n) is 9.07. The first kappa shape index (κ1) is 11.0. The molecule has 1 atom stereocenters. The number of nitrogens with two attached hydrogens (primary N) is 1. The first-order chi connectivity index (χ1) is 7.50. The number of halogens is 1. The summed E-state index contributed by atoms with van der Waals surface area (Å²) in [6.07, 6.45) is 0. The molecule has 4 nitrogen and oxygen atoms in total. The molecule has 1 heterocycles. The van der Waals surface area contributed by atoms with E-state index in [0.29, 0.717) is 10.9 Å². The minimum atomic E-state index is -0.308. The van der Waals surface area contributed by atoms with Crippen LogP contribution in [0.2, 0.25) is 5.02 Å². The molecule has 0 aliphatic carbocycles. The van der Waals surface area contributed by atoms with E-state index in [-0.39, 0.29) is 12.1 Å². The molecule has 1 aliphatic rings. The van der Waals surface area contributed by atoms with Crippen molar-refractivity contribution in [3.05, 3.63) is 34.3 Å². The monoisotopic (exact) mass is 237 g/mol.